The summed E-state index contributed by atoms with van der Waals surface area (Å²) in [5.41, 5.74) is 1.87. The first-order valence-electron chi connectivity index (χ1n) is 10.4. The molecule has 0 unspecified atom stereocenters. The maximum atomic E-state index is 13.1. The summed E-state index contributed by atoms with van der Waals surface area (Å²) in [6, 6.07) is 25.1. The van der Waals surface area contributed by atoms with Gasteiger partial charge in [0.1, 0.15) is 5.70 Å². The lowest BCUT2D eigenvalue weighted by atomic mass is 10.1. The first-order valence-corrected chi connectivity index (χ1v) is 11.4. The van der Waals surface area contributed by atoms with Crippen LogP contribution in [-0.4, -0.2) is 30.1 Å². The lowest BCUT2D eigenvalue weighted by molar-refractivity contribution is -0.139. The first kappa shape index (κ1) is 23.8. The second-order valence-corrected chi connectivity index (χ2v) is 7.91. The maximum absolute atomic E-state index is 13.1. The van der Waals surface area contributed by atoms with Gasteiger partial charge < -0.3 is 15.4 Å². The summed E-state index contributed by atoms with van der Waals surface area (Å²) >= 11 is 1.32. The van der Waals surface area contributed by atoms with Crippen LogP contribution in [0.25, 0.3) is 6.08 Å². The molecule has 33 heavy (non-hydrogen) atoms. The Kier molecular flexibility index (Phi) is 8.85. The molecule has 0 bridgehead atoms. The Hall–Kier alpha value is -3.84. The fraction of sp³-hybridized carbons (Fsp3) is 0.115. The molecular weight excluding hydrogens is 436 g/mol. The molecule has 0 aliphatic rings. The monoisotopic (exact) mass is 460 g/mol. The summed E-state index contributed by atoms with van der Waals surface area (Å²) in [5, 5.41) is 5.54. The van der Waals surface area contributed by atoms with E-state index in [1.165, 1.54) is 11.8 Å². The Morgan fingerprint density at radius 1 is 0.909 bits per heavy atom. The van der Waals surface area contributed by atoms with Gasteiger partial charge in [0.25, 0.3) is 11.8 Å². The van der Waals surface area contributed by atoms with Gasteiger partial charge in [-0.3, -0.25) is 14.4 Å². The number of thioether (sulfide) groups is 1. The number of amides is 2. The third-order valence-electron chi connectivity index (χ3n) is 4.39. The number of hydrogen-bond donors (Lipinski definition) is 2. The molecule has 3 aromatic carbocycles. The van der Waals surface area contributed by atoms with Gasteiger partial charge in [0.15, 0.2) is 0 Å². The van der Waals surface area contributed by atoms with Crippen molar-refractivity contribution in [2.75, 3.05) is 17.7 Å². The Morgan fingerprint density at radius 2 is 1.61 bits per heavy atom. The number of anilines is 1. The zero-order valence-electron chi connectivity index (χ0n) is 18.1. The van der Waals surface area contributed by atoms with Crippen molar-refractivity contribution >= 4 is 41.3 Å². The molecule has 0 aliphatic heterocycles. The van der Waals surface area contributed by atoms with Crippen molar-refractivity contribution in [3.63, 3.8) is 0 Å². The van der Waals surface area contributed by atoms with Crippen molar-refractivity contribution in [1.29, 1.82) is 0 Å². The van der Waals surface area contributed by atoms with Crippen LogP contribution in [-0.2, 0) is 14.3 Å². The quantitative estimate of drug-likeness (QED) is 0.273. The Balaban J connectivity index is 1.76. The molecule has 0 aliphatic carbocycles. The Morgan fingerprint density at radius 3 is 2.30 bits per heavy atom. The van der Waals surface area contributed by atoms with Gasteiger partial charge in [0.2, 0.25) is 0 Å². The summed E-state index contributed by atoms with van der Waals surface area (Å²) in [7, 11) is 0. The normalized spacial score (nSPS) is 10.9. The van der Waals surface area contributed by atoms with Gasteiger partial charge in [-0.15, -0.1) is 11.8 Å². The van der Waals surface area contributed by atoms with Crippen LogP contribution in [0.1, 0.15) is 22.8 Å². The molecule has 0 radical (unpaired) electrons. The number of rotatable bonds is 9. The summed E-state index contributed by atoms with van der Waals surface area (Å²) in [4.78, 5) is 38.2. The van der Waals surface area contributed by atoms with Crippen molar-refractivity contribution < 1.29 is 19.1 Å². The first-order chi connectivity index (χ1) is 16.0. The highest BCUT2D eigenvalue weighted by molar-refractivity contribution is 8.00. The molecule has 0 heterocycles. The van der Waals surface area contributed by atoms with Gasteiger partial charge in [-0.05, 0) is 48.9 Å². The summed E-state index contributed by atoms with van der Waals surface area (Å²) in [5.74, 6) is -0.964. The van der Waals surface area contributed by atoms with E-state index in [2.05, 4.69) is 10.6 Å². The van der Waals surface area contributed by atoms with Gasteiger partial charge >= 0.3 is 5.97 Å². The molecule has 3 rings (SSSR count). The Labute approximate surface area is 197 Å². The molecule has 3 aromatic rings. The van der Waals surface area contributed by atoms with Crippen molar-refractivity contribution in [3.05, 3.63) is 102 Å². The zero-order valence-corrected chi connectivity index (χ0v) is 18.9. The van der Waals surface area contributed by atoms with E-state index in [0.29, 0.717) is 17.9 Å². The predicted molar refractivity (Wildman–Crippen MR) is 131 cm³/mol. The lowest BCUT2D eigenvalue weighted by Gasteiger charge is -2.12. The van der Waals surface area contributed by atoms with E-state index in [4.69, 9.17) is 4.74 Å². The molecule has 6 nitrogen and oxygen atoms in total. The standard InChI is InChI=1S/C26H24N2O4S/c1-2-32-24(29)18-33-22-15-9-14-21(17-22)27-26(31)23(16-19-10-5-3-6-11-19)28-25(30)20-12-7-4-8-13-20/h3-17H,2,18H2,1H3,(H,27,31)(H,28,30)/b23-16+. The fourth-order valence-electron chi connectivity index (χ4n) is 2.87. The molecule has 2 amide bonds. The van der Waals surface area contributed by atoms with Crippen LogP contribution in [0.15, 0.2) is 95.5 Å². The highest BCUT2D eigenvalue weighted by Crippen LogP contribution is 2.22. The van der Waals surface area contributed by atoms with E-state index in [9.17, 15) is 14.4 Å². The molecular formula is C26H24N2O4S. The van der Waals surface area contributed by atoms with E-state index in [1.807, 2.05) is 42.5 Å². The number of esters is 1. The molecule has 0 atom stereocenters. The smallest absolute Gasteiger partial charge is 0.316 e. The molecule has 0 saturated carbocycles. The average molecular weight is 461 g/mol. The molecule has 2 N–H and O–H groups in total. The highest BCUT2D eigenvalue weighted by atomic mass is 32.2. The summed E-state index contributed by atoms with van der Waals surface area (Å²) in [6.45, 7) is 2.09. The predicted octanol–water partition coefficient (Wildman–Crippen LogP) is 4.75. The van der Waals surface area contributed by atoms with E-state index in [0.717, 1.165) is 10.5 Å². The average Bonchev–Trinajstić information content (AvgIpc) is 2.84. The summed E-state index contributed by atoms with van der Waals surface area (Å²) in [6.07, 6.45) is 1.62. The second-order valence-electron chi connectivity index (χ2n) is 6.86. The number of carbonyl (C=O) groups is 3. The minimum absolute atomic E-state index is 0.111. The highest BCUT2D eigenvalue weighted by Gasteiger charge is 2.15. The summed E-state index contributed by atoms with van der Waals surface area (Å²) < 4.78 is 4.94. The number of carbonyl (C=O) groups excluding carboxylic acids is 3. The van der Waals surface area contributed by atoms with Crippen molar-refractivity contribution in [3.8, 4) is 0 Å². The van der Waals surface area contributed by atoms with Gasteiger partial charge in [-0.1, -0.05) is 54.6 Å². The molecule has 0 saturated heterocycles. The van der Waals surface area contributed by atoms with Crippen LogP contribution in [0.2, 0.25) is 0 Å². The number of benzene rings is 3. The SMILES string of the molecule is CCOC(=O)CSc1cccc(NC(=O)/C(=C\c2ccccc2)NC(=O)c2ccccc2)c1. The third kappa shape index (κ3) is 7.66. The second kappa shape index (κ2) is 12.3. The van der Waals surface area contributed by atoms with Gasteiger partial charge in [-0.2, -0.15) is 0 Å². The maximum Gasteiger partial charge on any atom is 0.316 e. The fourth-order valence-corrected chi connectivity index (χ4v) is 3.62. The molecule has 0 fully saturated rings. The minimum atomic E-state index is -0.462. The van der Waals surface area contributed by atoms with Gasteiger partial charge in [-0.25, -0.2) is 0 Å². The van der Waals surface area contributed by atoms with E-state index in [1.54, 1.807) is 55.5 Å². The van der Waals surface area contributed by atoms with Gasteiger partial charge in [0, 0.05) is 16.1 Å². The van der Waals surface area contributed by atoms with E-state index >= 15 is 0 Å². The van der Waals surface area contributed by atoms with Crippen LogP contribution in [0, 0.1) is 0 Å². The third-order valence-corrected chi connectivity index (χ3v) is 5.36. The zero-order chi connectivity index (χ0) is 23.5. The van der Waals surface area contributed by atoms with Gasteiger partial charge in [0.05, 0.1) is 12.4 Å². The van der Waals surface area contributed by atoms with Crippen LogP contribution >= 0.6 is 11.8 Å². The lowest BCUT2D eigenvalue weighted by Crippen LogP contribution is -2.30. The van der Waals surface area contributed by atoms with Crippen LogP contribution in [0.3, 0.4) is 0 Å². The topological polar surface area (TPSA) is 84.5 Å². The Bertz CT molecular complexity index is 1130. The van der Waals surface area contributed by atoms with E-state index < -0.39 is 5.91 Å². The van der Waals surface area contributed by atoms with Crippen molar-refractivity contribution in [2.45, 2.75) is 11.8 Å². The largest absolute Gasteiger partial charge is 0.465 e. The van der Waals surface area contributed by atoms with Crippen molar-refractivity contribution in [1.82, 2.24) is 5.32 Å². The number of nitrogens with one attached hydrogen (secondary N) is 2. The number of ether oxygens (including phenoxy) is 1. The molecule has 0 spiro atoms. The molecule has 7 heteroatoms. The molecule has 0 aromatic heterocycles. The molecule has 168 valence electrons. The van der Waals surface area contributed by atoms with E-state index in [-0.39, 0.29) is 23.3 Å². The van der Waals surface area contributed by atoms with Crippen LogP contribution < -0.4 is 10.6 Å². The number of hydrogen-bond acceptors (Lipinski definition) is 5. The van der Waals surface area contributed by atoms with Crippen LogP contribution in [0.4, 0.5) is 5.69 Å². The minimum Gasteiger partial charge on any atom is -0.465 e. The van der Waals surface area contributed by atoms with Crippen LogP contribution in [0.5, 0.6) is 0 Å². The van der Waals surface area contributed by atoms with Crippen molar-refractivity contribution in [2.24, 2.45) is 0 Å².